The molecule has 1 atom stereocenters. The lowest BCUT2D eigenvalue weighted by atomic mass is 10.0. The number of carbonyl (C=O) groups excluding carboxylic acids is 1. The molecule has 17 heavy (non-hydrogen) atoms. The lowest BCUT2D eigenvalue weighted by molar-refractivity contribution is -0.170. The normalized spacial score (nSPS) is 20.0. The highest BCUT2D eigenvalue weighted by atomic mass is 19.4. The van der Waals surface area contributed by atoms with Gasteiger partial charge in [0, 0.05) is 12.1 Å². The molecule has 0 spiro atoms. The first-order valence-corrected chi connectivity index (χ1v) is 5.00. The molecule has 1 amide bonds. The zero-order chi connectivity index (χ0) is 12.6. The molecule has 0 saturated carbocycles. The van der Waals surface area contributed by atoms with Crippen LogP contribution in [0.3, 0.4) is 0 Å². The molecule has 6 heteroatoms. The van der Waals surface area contributed by atoms with Crippen LogP contribution in [-0.2, 0) is 11.2 Å². The van der Waals surface area contributed by atoms with Gasteiger partial charge in [-0.25, -0.2) is 4.39 Å². The van der Waals surface area contributed by atoms with Crippen molar-refractivity contribution in [2.75, 3.05) is 11.4 Å². The minimum Gasteiger partial charge on any atom is -0.301 e. The largest absolute Gasteiger partial charge is 0.471 e. The van der Waals surface area contributed by atoms with E-state index in [9.17, 15) is 22.4 Å². The molecule has 92 valence electrons. The Bertz CT molecular complexity index is 443. The van der Waals surface area contributed by atoms with Crippen molar-refractivity contribution in [2.45, 2.75) is 18.8 Å². The van der Waals surface area contributed by atoms with Gasteiger partial charge in [-0.3, -0.25) is 4.79 Å². The summed E-state index contributed by atoms with van der Waals surface area (Å²) in [6, 6.07) is 6.05. The number of halogens is 4. The maximum atomic E-state index is 13.3. The predicted octanol–water partition coefficient (Wildman–Crippen LogP) is 2.48. The molecule has 0 radical (unpaired) electrons. The van der Waals surface area contributed by atoms with E-state index in [2.05, 4.69) is 0 Å². The van der Waals surface area contributed by atoms with Crippen molar-refractivity contribution in [2.24, 2.45) is 0 Å². The van der Waals surface area contributed by atoms with Gasteiger partial charge >= 0.3 is 12.1 Å². The minimum absolute atomic E-state index is 0.0395. The molecule has 0 fully saturated rings. The van der Waals surface area contributed by atoms with Crippen LogP contribution in [0.4, 0.5) is 23.2 Å². The Balaban J connectivity index is 2.40. The van der Waals surface area contributed by atoms with E-state index in [4.69, 9.17) is 0 Å². The lowest BCUT2D eigenvalue weighted by Crippen LogP contribution is -2.47. The number of benzene rings is 1. The molecule has 0 aliphatic carbocycles. The van der Waals surface area contributed by atoms with E-state index in [-0.39, 0.29) is 12.1 Å². The smallest absolute Gasteiger partial charge is 0.301 e. The summed E-state index contributed by atoms with van der Waals surface area (Å²) in [5, 5.41) is 0. The molecule has 0 aromatic heterocycles. The summed E-state index contributed by atoms with van der Waals surface area (Å²) >= 11 is 0. The molecule has 0 N–H and O–H groups in total. The Morgan fingerprint density at radius 1 is 1.29 bits per heavy atom. The van der Waals surface area contributed by atoms with Gasteiger partial charge in [-0.15, -0.1) is 0 Å². The Labute approximate surface area is 94.8 Å². The van der Waals surface area contributed by atoms with Crippen LogP contribution >= 0.6 is 0 Å². The Hall–Kier alpha value is -1.59. The average Bonchev–Trinajstić information content (AvgIpc) is 2.25. The highest BCUT2D eigenvalue weighted by Crippen LogP contribution is 2.31. The second-order valence-electron chi connectivity index (χ2n) is 3.84. The number of amides is 1. The minimum atomic E-state index is -4.98. The van der Waals surface area contributed by atoms with E-state index in [1.165, 1.54) is 18.2 Å². The summed E-state index contributed by atoms with van der Waals surface area (Å²) in [6.45, 7) is -0.546. The number of hydrogen-bond donors (Lipinski definition) is 0. The van der Waals surface area contributed by atoms with Gasteiger partial charge in [-0.05, 0) is 11.6 Å². The van der Waals surface area contributed by atoms with E-state index in [1.54, 1.807) is 6.07 Å². The number of hydrogen-bond acceptors (Lipinski definition) is 1. The second kappa shape index (κ2) is 4.01. The molecule has 2 nitrogen and oxygen atoms in total. The van der Waals surface area contributed by atoms with Gasteiger partial charge in [-0.1, -0.05) is 18.2 Å². The summed E-state index contributed by atoms with van der Waals surface area (Å²) in [4.78, 5) is 11.6. The van der Waals surface area contributed by atoms with Gasteiger partial charge in [0.15, 0.2) is 0 Å². The number of anilines is 1. The fourth-order valence-electron chi connectivity index (χ4n) is 1.89. The Morgan fingerprint density at radius 2 is 1.94 bits per heavy atom. The fourth-order valence-corrected chi connectivity index (χ4v) is 1.89. The van der Waals surface area contributed by atoms with Gasteiger partial charge in [-0.2, -0.15) is 13.2 Å². The van der Waals surface area contributed by atoms with Crippen molar-refractivity contribution in [3.05, 3.63) is 29.8 Å². The molecule has 0 bridgehead atoms. The highest BCUT2D eigenvalue weighted by molar-refractivity contribution is 5.98. The third-order valence-corrected chi connectivity index (χ3v) is 2.59. The standard InChI is InChI=1S/C11H9F4NO/c12-8-5-7-3-1-2-4-9(7)16(6-8)10(17)11(13,14)15/h1-4,8H,5-6H2. The van der Waals surface area contributed by atoms with Crippen LogP contribution in [0.2, 0.25) is 0 Å². The molecular formula is C11H9F4NO. The SMILES string of the molecule is O=C(N1CC(F)Cc2ccccc21)C(F)(F)F. The van der Waals surface area contributed by atoms with Gasteiger partial charge in [0.25, 0.3) is 0 Å². The zero-order valence-corrected chi connectivity index (χ0v) is 8.67. The average molecular weight is 247 g/mol. The van der Waals surface area contributed by atoms with E-state index in [0.29, 0.717) is 10.5 Å². The van der Waals surface area contributed by atoms with E-state index in [0.717, 1.165) is 0 Å². The summed E-state index contributed by atoms with van der Waals surface area (Å²) in [5.41, 5.74) is 0.563. The van der Waals surface area contributed by atoms with Crippen LogP contribution in [0.1, 0.15) is 5.56 Å². The third kappa shape index (κ3) is 2.25. The van der Waals surface area contributed by atoms with E-state index in [1.807, 2.05) is 0 Å². The molecule has 1 aliphatic rings. The van der Waals surface area contributed by atoms with Crippen LogP contribution in [-0.4, -0.2) is 24.8 Å². The summed E-state index contributed by atoms with van der Waals surface area (Å²) in [5.74, 6) is -2.02. The number of rotatable bonds is 0. The van der Waals surface area contributed by atoms with E-state index < -0.39 is 24.8 Å². The van der Waals surface area contributed by atoms with Crippen molar-refractivity contribution >= 4 is 11.6 Å². The van der Waals surface area contributed by atoms with Crippen LogP contribution in [0, 0.1) is 0 Å². The molecule has 1 unspecified atom stereocenters. The van der Waals surface area contributed by atoms with Crippen LogP contribution in [0.25, 0.3) is 0 Å². The number of alkyl halides is 4. The third-order valence-electron chi connectivity index (χ3n) is 2.59. The number of fused-ring (bicyclic) bond motifs is 1. The molecule has 1 aromatic rings. The van der Waals surface area contributed by atoms with Gasteiger partial charge in [0.1, 0.15) is 6.17 Å². The highest BCUT2D eigenvalue weighted by Gasteiger charge is 2.45. The Morgan fingerprint density at radius 3 is 2.59 bits per heavy atom. The monoisotopic (exact) mass is 247 g/mol. The van der Waals surface area contributed by atoms with Gasteiger partial charge < -0.3 is 4.90 Å². The molecule has 1 aliphatic heterocycles. The maximum absolute atomic E-state index is 13.3. The quantitative estimate of drug-likeness (QED) is 0.645. The topological polar surface area (TPSA) is 20.3 Å². The number of carbonyl (C=O) groups is 1. The summed E-state index contributed by atoms with van der Waals surface area (Å²) in [6.07, 6.45) is -6.40. The van der Waals surface area contributed by atoms with Crippen molar-refractivity contribution in [3.63, 3.8) is 0 Å². The maximum Gasteiger partial charge on any atom is 0.471 e. The lowest BCUT2D eigenvalue weighted by Gasteiger charge is -2.31. The van der Waals surface area contributed by atoms with Crippen molar-refractivity contribution in [1.29, 1.82) is 0 Å². The first-order valence-electron chi connectivity index (χ1n) is 5.00. The van der Waals surface area contributed by atoms with Crippen LogP contribution in [0.15, 0.2) is 24.3 Å². The molecule has 1 aromatic carbocycles. The second-order valence-corrected chi connectivity index (χ2v) is 3.84. The summed E-state index contributed by atoms with van der Waals surface area (Å²) < 4.78 is 50.3. The fraction of sp³-hybridized carbons (Fsp3) is 0.364. The zero-order valence-electron chi connectivity index (χ0n) is 8.67. The summed E-state index contributed by atoms with van der Waals surface area (Å²) in [7, 11) is 0. The predicted molar refractivity (Wildman–Crippen MR) is 53.5 cm³/mol. The number of nitrogens with zero attached hydrogens (tertiary/aromatic N) is 1. The Kier molecular flexibility index (Phi) is 2.81. The van der Waals surface area contributed by atoms with Crippen molar-refractivity contribution < 1.29 is 22.4 Å². The van der Waals surface area contributed by atoms with E-state index >= 15 is 0 Å². The molecular weight excluding hydrogens is 238 g/mol. The van der Waals surface area contributed by atoms with Crippen molar-refractivity contribution in [1.82, 2.24) is 0 Å². The van der Waals surface area contributed by atoms with Crippen LogP contribution in [0.5, 0.6) is 0 Å². The molecule has 1 heterocycles. The molecule has 2 rings (SSSR count). The first kappa shape index (κ1) is 11.9. The van der Waals surface area contributed by atoms with Gasteiger partial charge in [0.05, 0.1) is 6.54 Å². The first-order chi connectivity index (χ1) is 7.89. The van der Waals surface area contributed by atoms with Gasteiger partial charge in [0.2, 0.25) is 0 Å². The molecule has 0 saturated heterocycles. The van der Waals surface area contributed by atoms with Crippen molar-refractivity contribution in [3.8, 4) is 0 Å². The van der Waals surface area contributed by atoms with Crippen LogP contribution < -0.4 is 4.90 Å². The number of para-hydroxylation sites is 1.